The first-order chi connectivity index (χ1) is 11.4. The third kappa shape index (κ3) is 6.06. The number of nitrogens with one attached hydrogen (secondary N) is 1. The highest BCUT2D eigenvalue weighted by Crippen LogP contribution is 2.30. The zero-order valence-electron chi connectivity index (χ0n) is 15.0. The van der Waals surface area contributed by atoms with Gasteiger partial charge in [-0.05, 0) is 6.08 Å². The van der Waals surface area contributed by atoms with Gasteiger partial charge in [-0.25, -0.2) is 8.78 Å². The van der Waals surface area contributed by atoms with Crippen LogP contribution in [-0.4, -0.2) is 52.0 Å². The van der Waals surface area contributed by atoms with E-state index in [2.05, 4.69) is 5.32 Å². The summed E-state index contributed by atoms with van der Waals surface area (Å²) in [7, 11) is 6.39. The van der Waals surface area contributed by atoms with Crippen LogP contribution in [0.2, 0.25) is 0 Å². The molecule has 1 N–H and O–H groups in total. The molecule has 1 aliphatic heterocycles. The number of aldehydes is 1. The van der Waals surface area contributed by atoms with Gasteiger partial charge in [0.25, 0.3) is 6.43 Å². The Morgan fingerprint density at radius 1 is 1.33 bits per heavy atom. The van der Waals surface area contributed by atoms with Crippen molar-refractivity contribution in [3.8, 4) is 0 Å². The molecule has 0 aliphatic carbocycles. The minimum Gasteiger partial charge on any atom is -0.496 e. The predicted octanol–water partition coefficient (Wildman–Crippen LogP) is 2.84. The topological polar surface area (TPSA) is 50.8 Å². The Morgan fingerprint density at radius 3 is 2.38 bits per heavy atom. The van der Waals surface area contributed by atoms with Gasteiger partial charge in [0, 0.05) is 43.7 Å². The SMILES string of the molecule is CC.COC1=CNC(C(F)F)C=C1C(=C/N(C)C)/C(=C\C=O)OC. The lowest BCUT2D eigenvalue weighted by Crippen LogP contribution is -2.33. The lowest BCUT2D eigenvalue weighted by atomic mass is 9.98. The summed E-state index contributed by atoms with van der Waals surface area (Å²) in [4.78, 5) is 12.5. The Labute approximate surface area is 142 Å². The number of methoxy groups -OCH3 is 2. The van der Waals surface area contributed by atoms with Crippen LogP contribution in [0.3, 0.4) is 0 Å². The van der Waals surface area contributed by atoms with Crippen LogP contribution in [-0.2, 0) is 14.3 Å². The monoisotopic (exact) mass is 344 g/mol. The highest BCUT2D eigenvalue weighted by molar-refractivity contribution is 5.69. The number of hydrogen-bond donors (Lipinski definition) is 1. The van der Waals surface area contributed by atoms with Crippen molar-refractivity contribution in [3.05, 3.63) is 47.2 Å². The van der Waals surface area contributed by atoms with Crippen LogP contribution < -0.4 is 5.32 Å². The second-order valence-electron chi connectivity index (χ2n) is 4.70. The number of halogens is 2. The summed E-state index contributed by atoms with van der Waals surface area (Å²) in [5, 5.41) is 2.56. The minimum absolute atomic E-state index is 0.257. The molecular weight excluding hydrogens is 318 g/mol. The molecule has 5 nitrogen and oxygen atoms in total. The fourth-order valence-electron chi connectivity index (χ4n) is 1.95. The summed E-state index contributed by atoms with van der Waals surface area (Å²) in [6.07, 6.45) is 3.63. The van der Waals surface area contributed by atoms with Crippen molar-refractivity contribution < 1.29 is 23.0 Å². The molecule has 7 heteroatoms. The van der Waals surface area contributed by atoms with Gasteiger partial charge in [-0.2, -0.15) is 0 Å². The minimum atomic E-state index is -2.58. The number of carbonyl (C=O) groups excluding carboxylic acids is 1. The number of nitrogens with zero attached hydrogens (tertiary/aromatic N) is 1. The molecule has 0 radical (unpaired) electrons. The zero-order valence-corrected chi connectivity index (χ0v) is 15.0. The van der Waals surface area contributed by atoms with Gasteiger partial charge >= 0.3 is 0 Å². The molecule has 136 valence electrons. The van der Waals surface area contributed by atoms with Gasteiger partial charge in [0.15, 0.2) is 0 Å². The van der Waals surface area contributed by atoms with Crippen molar-refractivity contribution in [3.63, 3.8) is 0 Å². The van der Waals surface area contributed by atoms with Crippen molar-refractivity contribution in [1.29, 1.82) is 0 Å². The summed E-state index contributed by atoms with van der Waals surface area (Å²) in [5.41, 5.74) is 0.898. The van der Waals surface area contributed by atoms with Crippen LogP contribution >= 0.6 is 0 Å². The Kier molecular flexibility index (Phi) is 10.2. The normalized spacial score (nSPS) is 17.8. The Balaban J connectivity index is 0.00000254. The van der Waals surface area contributed by atoms with Crippen LogP contribution in [0.1, 0.15) is 13.8 Å². The number of carbonyl (C=O) groups is 1. The van der Waals surface area contributed by atoms with E-state index in [9.17, 15) is 13.6 Å². The quantitative estimate of drug-likeness (QED) is 0.333. The van der Waals surface area contributed by atoms with E-state index in [1.807, 2.05) is 13.8 Å². The Hall–Kier alpha value is -2.31. The molecular formula is C17H26F2N2O3. The summed E-state index contributed by atoms with van der Waals surface area (Å²) in [5.74, 6) is 0.631. The third-order valence-electron chi connectivity index (χ3n) is 2.89. The van der Waals surface area contributed by atoms with Crippen LogP contribution in [0.15, 0.2) is 47.2 Å². The number of rotatable bonds is 7. The van der Waals surface area contributed by atoms with Crippen molar-refractivity contribution in [2.24, 2.45) is 0 Å². The van der Waals surface area contributed by atoms with E-state index < -0.39 is 12.5 Å². The van der Waals surface area contributed by atoms with E-state index in [4.69, 9.17) is 9.47 Å². The van der Waals surface area contributed by atoms with Gasteiger partial charge in [0.2, 0.25) is 0 Å². The van der Waals surface area contributed by atoms with Crippen LogP contribution in [0.25, 0.3) is 0 Å². The standard InChI is InChI=1S/C15H20F2N2O3.C2H6/c1-19(2)9-11(13(21-3)5-6-20)10-7-12(15(16)17)18-8-14(10)22-4;1-2/h5-9,12,15,18H,1-4H3;1-2H3/b11-9-,13-5+;. The molecule has 0 amide bonds. The average molecular weight is 344 g/mol. The molecule has 0 spiro atoms. The largest absolute Gasteiger partial charge is 0.496 e. The molecule has 1 atom stereocenters. The number of alkyl halides is 2. The molecule has 0 aromatic heterocycles. The van der Waals surface area contributed by atoms with Gasteiger partial charge in [-0.1, -0.05) is 13.8 Å². The van der Waals surface area contributed by atoms with Gasteiger partial charge < -0.3 is 19.7 Å². The van der Waals surface area contributed by atoms with E-state index in [-0.39, 0.29) is 5.76 Å². The van der Waals surface area contributed by atoms with Crippen molar-refractivity contribution in [2.75, 3.05) is 28.3 Å². The maximum Gasteiger partial charge on any atom is 0.261 e. The number of allylic oxidation sites excluding steroid dienone is 3. The van der Waals surface area contributed by atoms with Gasteiger partial charge in [-0.15, -0.1) is 0 Å². The van der Waals surface area contributed by atoms with Crippen LogP contribution in [0, 0.1) is 0 Å². The molecule has 1 unspecified atom stereocenters. The second-order valence-corrected chi connectivity index (χ2v) is 4.70. The number of hydrogen-bond acceptors (Lipinski definition) is 5. The summed E-state index contributed by atoms with van der Waals surface area (Å²) < 4.78 is 36.4. The first kappa shape index (κ1) is 21.7. The summed E-state index contributed by atoms with van der Waals surface area (Å²) >= 11 is 0. The molecule has 0 aromatic carbocycles. The van der Waals surface area contributed by atoms with Gasteiger partial charge in [0.1, 0.15) is 23.8 Å². The van der Waals surface area contributed by atoms with Gasteiger partial charge in [-0.3, -0.25) is 4.79 Å². The summed E-state index contributed by atoms with van der Waals surface area (Å²) in [6.45, 7) is 4.00. The van der Waals surface area contributed by atoms with E-state index in [0.717, 1.165) is 0 Å². The first-order valence-corrected chi connectivity index (χ1v) is 7.53. The lowest BCUT2D eigenvalue weighted by Gasteiger charge is -2.25. The zero-order chi connectivity index (χ0) is 18.7. The van der Waals surface area contributed by atoms with Crippen molar-refractivity contribution >= 4 is 6.29 Å². The smallest absolute Gasteiger partial charge is 0.261 e. The summed E-state index contributed by atoms with van der Waals surface area (Å²) in [6, 6.07) is -1.14. The third-order valence-corrected chi connectivity index (χ3v) is 2.89. The Bertz CT molecular complexity index is 524. The Morgan fingerprint density at radius 2 is 1.96 bits per heavy atom. The van der Waals surface area contributed by atoms with E-state index >= 15 is 0 Å². The second kappa shape index (κ2) is 11.3. The number of ether oxygens (including phenoxy) is 2. The molecule has 0 saturated heterocycles. The molecule has 0 aromatic rings. The predicted molar refractivity (Wildman–Crippen MR) is 90.4 cm³/mol. The highest BCUT2D eigenvalue weighted by atomic mass is 19.3. The van der Waals surface area contributed by atoms with Crippen molar-refractivity contribution in [1.82, 2.24) is 10.2 Å². The maximum atomic E-state index is 13.0. The molecule has 1 heterocycles. The molecule has 0 saturated carbocycles. The van der Waals surface area contributed by atoms with Crippen molar-refractivity contribution in [2.45, 2.75) is 26.3 Å². The van der Waals surface area contributed by atoms with E-state index in [0.29, 0.717) is 23.2 Å². The van der Waals surface area contributed by atoms with Crippen LogP contribution in [0.5, 0.6) is 0 Å². The fraction of sp³-hybridized carbons (Fsp3) is 0.471. The molecule has 0 fully saturated rings. The van der Waals surface area contributed by atoms with Gasteiger partial charge in [0.05, 0.1) is 14.2 Å². The number of dihydropyridines is 1. The molecule has 24 heavy (non-hydrogen) atoms. The lowest BCUT2D eigenvalue weighted by molar-refractivity contribution is -0.104. The maximum absolute atomic E-state index is 13.0. The highest BCUT2D eigenvalue weighted by Gasteiger charge is 2.26. The molecule has 1 aliphatic rings. The van der Waals surface area contributed by atoms with E-state index in [1.54, 1.807) is 25.2 Å². The first-order valence-electron chi connectivity index (χ1n) is 7.53. The van der Waals surface area contributed by atoms with E-state index in [1.165, 1.54) is 32.6 Å². The van der Waals surface area contributed by atoms with Crippen LogP contribution in [0.4, 0.5) is 8.78 Å². The molecule has 1 rings (SSSR count). The average Bonchev–Trinajstić information content (AvgIpc) is 2.58. The fourth-order valence-corrected chi connectivity index (χ4v) is 1.95. The molecule has 0 bridgehead atoms.